The Morgan fingerprint density at radius 3 is 2.58 bits per heavy atom. The SMILES string of the molecule is Cc1nc(C(C)O)c(-c2csc(CC(=O)Cc3c(F)cccc3F)n2)s1. The first-order chi connectivity index (χ1) is 12.3. The summed E-state index contributed by atoms with van der Waals surface area (Å²) in [7, 11) is 0. The second kappa shape index (κ2) is 7.69. The molecule has 1 aromatic carbocycles. The zero-order valence-electron chi connectivity index (χ0n) is 14.1. The van der Waals surface area contributed by atoms with Crippen LogP contribution in [0, 0.1) is 18.6 Å². The van der Waals surface area contributed by atoms with Gasteiger partial charge < -0.3 is 5.11 Å². The summed E-state index contributed by atoms with van der Waals surface area (Å²) >= 11 is 2.72. The predicted molar refractivity (Wildman–Crippen MR) is 97.4 cm³/mol. The summed E-state index contributed by atoms with van der Waals surface area (Å²) in [6.07, 6.45) is -1.03. The highest BCUT2D eigenvalue weighted by molar-refractivity contribution is 7.16. The number of halogens is 2. The molecule has 3 aromatic rings. The molecule has 8 heteroatoms. The van der Waals surface area contributed by atoms with Gasteiger partial charge in [-0.3, -0.25) is 4.79 Å². The predicted octanol–water partition coefficient (Wildman–Crippen LogP) is 4.26. The Balaban J connectivity index is 1.76. The lowest BCUT2D eigenvalue weighted by Crippen LogP contribution is -2.09. The fourth-order valence-corrected chi connectivity index (χ4v) is 4.39. The molecular weight excluding hydrogens is 378 g/mol. The number of carbonyl (C=O) groups excluding carboxylic acids is 1. The number of thiazole rings is 2. The molecule has 26 heavy (non-hydrogen) atoms. The van der Waals surface area contributed by atoms with Gasteiger partial charge in [-0.2, -0.15) is 0 Å². The van der Waals surface area contributed by atoms with E-state index in [9.17, 15) is 18.7 Å². The third kappa shape index (κ3) is 4.03. The fourth-order valence-electron chi connectivity index (χ4n) is 2.54. The molecule has 2 aromatic heterocycles. The van der Waals surface area contributed by atoms with Crippen LogP contribution in [-0.2, 0) is 17.6 Å². The second-order valence-corrected chi connectivity index (χ2v) is 7.99. The van der Waals surface area contributed by atoms with Crippen LogP contribution >= 0.6 is 22.7 Å². The Morgan fingerprint density at radius 1 is 1.23 bits per heavy atom. The van der Waals surface area contributed by atoms with Crippen LogP contribution in [-0.4, -0.2) is 20.9 Å². The van der Waals surface area contributed by atoms with Gasteiger partial charge in [-0.15, -0.1) is 22.7 Å². The van der Waals surface area contributed by atoms with E-state index in [4.69, 9.17) is 0 Å². The minimum Gasteiger partial charge on any atom is -0.387 e. The molecule has 0 aliphatic rings. The van der Waals surface area contributed by atoms with Crippen molar-refractivity contribution in [2.45, 2.75) is 32.8 Å². The van der Waals surface area contributed by atoms with E-state index in [1.54, 1.807) is 12.3 Å². The number of ketones is 1. The largest absolute Gasteiger partial charge is 0.387 e. The highest BCUT2D eigenvalue weighted by Crippen LogP contribution is 2.34. The number of hydrogen-bond acceptors (Lipinski definition) is 6. The van der Waals surface area contributed by atoms with E-state index in [2.05, 4.69) is 9.97 Å². The van der Waals surface area contributed by atoms with Crippen LogP contribution in [0.25, 0.3) is 10.6 Å². The third-order valence-electron chi connectivity index (χ3n) is 3.72. The van der Waals surface area contributed by atoms with E-state index < -0.39 is 17.7 Å². The van der Waals surface area contributed by atoms with Crippen molar-refractivity contribution >= 4 is 28.5 Å². The van der Waals surface area contributed by atoms with Crippen LogP contribution in [0.15, 0.2) is 23.6 Å². The molecule has 0 radical (unpaired) electrons. The van der Waals surface area contributed by atoms with Crippen molar-refractivity contribution in [3.05, 3.63) is 56.5 Å². The molecule has 1 N–H and O–H groups in total. The summed E-state index contributed by atoms with van der Waals surface area (Å²) in [5.74, 6) is -1.76. The van der Waals surface area contributed by atoms with Gasteiger partial charge in [0.25, 0.3) is 0 Å². The molecule has 3 rings (SSSR count). The minimum absolute atomic E-state index is 0.000237. The third-order valence-corrected chi connectivity index (χ3v) is 5.58. The first-order valence-corrected chi connectivity index (χ1v) is 9.59. The number of benzene rings is 1. The van der Waals surface area contributed by atoms with Crippen LogP contribution in [0.4, 0.5) is 8.78 Å². The summed E-state index contributed by atoms with van der Waals surface area (Å²) in [5.41, 5.74) is 0.990. The van der Waals surface area contributed by atoms with Gasteiger partial charge in [0.05, 0.1) is 33.8 Å². The number of hydrogen-bond donors (Lipinski definition) is 1. The van der Waals surface area contributed by atoms with Crippen molar-refractivity contribution in [1.29, 1.82) is 0 Å². The summed E-state index contributed by atoms with van der Waals surface area (Å²) in [6, 6.07) is 3.54. The van der Waals surface area contributed by atoms with Crippen LogP contribution in [0.3, 0.4) is 0 Å². The molecule has 0 bridgehead atoms. The lowest BCUT2D eigenvalue weighted by Gasteiger charge is -2.03. The quantitative estimate of drug-likeness (QED) is 0.679. The van der Waals surface area contributed by atoms with Crippen molar-refractivity contribution in [3.63, 3.8) is 0 Å². The number of aryl methyl sites for hydroxylation is 1. The molecule has 0 amide bonds. The maximum absolute atomic E-state index is 13.7. The van der Waals surface area contributed by atoms with E-state index in [1.165, 1.54) is 28.7 Å². The molecule has 2 heterocycles. The second-order valence-electron chi connectivity index (χ2n) is 5.84. The Labute approximate surface area is 157 Å². The summed E-state index contributed by atoms with van der Waals surface area (Å²) in [5, 5.41) is 13.0. The first kappa shape index (κ1) is 18.8. The van der Waals surface area contributed by atoms with Crippen molar-refractivity contribution in [3.8, 4) is 10.6 Å². The van der Waals surface area contributed by atoms with Gasteiger partial charge in [0.15, 0.2) is 0 Å². The number of aliphatic hydroxyl groups is 1. The standard InChI is InChI=1S/C18H16F2N2O2S2/c1-9(23)17-18(26-10(2)21-17)15-8-25-16(22-15)7-11(24)6-12-13(19)4-3-5-14(12)20/h3-5,8-9,23H,6-7H2,1-2H3. The fraction of sp³-hybridized carbons (Fsp3) is 0.278. The molecule has 0 aliphatic carbocycles. The Hall–Kier alpha value is -2.03. The van der Waals surface area contributed by atoms with Gasteiger partial charge in [-0.1, -0.05) is 6.07 Å². The Bertz CT molecular complexity index is 930. The van der Waals surface area contributed by atoms with Gasteiger partial charge >= 0.3 is 0 Å². The van der Waals surface area contributed by atoms with Crippen LogP contribution < -0.4 is 0 Å². The molecule has 1 atom stereocenters. The zero-order chi connectivity index (χ0) is 18.8. The molecule has 0 spiro atoms. The van der Waals surface area contributed by atoms with Crippen LogP contribution in [0.1, 0.15) is 34.3 Å². The molecule has 0 saturated carbocycles. The van der Waals surface area contributed by atoms with E-state index in [1.807, 2.05) is 6.92 Å². The van der Waals surface area contributed by atoms with Gasteiger partial charge in [0.2, 0.25) is 0 Å². The maximum Gasteiger partial charge on any atom is 0.144 e. The molecule has 1 unspecified atom stereocenters. The van der Waals surface area contributed by atoms with Crippen LogP contribution in [0.5, 0.6) is 0 Å². The lowest BCUT2D eigenvalue weighted by atomic mass is 10.1. The number of aromatic nitrogens is 2. The lowest BCUT2D eigenvalue weighted by molar-refractivity contribution is -0.117. The molecule has 0 saturated heterocycles. The minimum atomic E-state index is -0.722. The average Bonchev–Trinajstić information content (AvgIpc) is 3.17. The highest BCUT2D eigenvalue weighted by atomic mass is 32.1. The Kier molecular flexibility index (Phi) is 5.55. The van der Waals surface area contributed by atoms with Crippen molar-refractivity contribution in [2.24, 2.45) is 0 Å². The topological polar surface area (TPSA) is 63.1 Å². The van der Waals surface area contributed by atoms with Crippen molar-refractivity contribution < 1.29 is 18.7 Å². The van der Waals surface area contributed by atoms with E-state index in [0.717, 1.165) is 22.0 Å². The van der Waals surface area contributed by atoms with Gasteiger partial charge in [0, 0.05) is 17.4 Å². The summed E-state index contributed by atoms with van der Waals surface area (Å²) in [4.78, 5) is 21.7. The number of rotatable bonds is 6. The smallest absolute Gasteiger partial charge is 0.144 e. The average molecular weight is 394 g/mol. The van der Waals surface area contributed by atoms with Gasteiger partial charge in [-0.05, 0) is 26.0 Å². The van der Waals surface area contributed by atoms with E-state index >= 15 is 0 Å². The van der Waals surface area contributed by atoms with E-state index in [0.29, 0.717) is 16.4 Å². The highest BCUT2D eigenvalue weighted by Gasteiger charge is 2.19. The molecule has 136 valence electrons. The maximum atomic E-state index is 13.7. The number of nitrogens with zero attached hydrogens (tertiary/aromatic N) is 2. The summed E-state index contributed by atoms with van der Waals surface area (Å²) < 4.78 is 27.3. The number of carbonyl (C=O) groups is 1. The molecular formula is C18H16F2N2O2S2. The van der Waals surface area contributed by atoms with Gasteiger partial charge in [-0.25, -0.2) is 18.7 Å². The molecule has 0 aliphatic heterocycles. The molecule has 4 nitrogen and oxygen atoms in total. The van der Waals surface area contributed by atoms with E-state index in [-0.39, 0.29) is 24.2 Å². The number of aliphatic hydroxyl groups excluding tert-OH is 1. The van der Waals surface area contributed by atoms with Crippen molar-refractivity contribution in [2.75, 3.05) is 0 Å². The monoisotopic (exact) mass is 394 g/mol. The van der Waals surface area contributed by atoms with Gasteiger partial charge in [0.1, 0.15) is 22.4 Å². The number of Topliss-reactive ketones (excluding diaryl/α,β-unsaturated/α-hetero) is 1. The van der Waals surface area contributed by atoms with Crippen LogP contribution in [0.2, 0.25) is 0 Å². The summed E-state index contributed by atoms with van der Waals surface area (Å²) in [6.45, 7) is 3.48. The molecule has 0 fully saturated rings. The Morgan fingerprint density at radius 2 is 1.92 bits per heavy atom. The first-order valence-electron chi connectivity index (χ1n) is 7.90. The van der Waals surface area contributed by atoms with Crippen molar-refractivity contribution in [1.82, 2.24) is 9.97 Å². The normalized spacial score (nSPS) is 12.3. The zero-order valence-corrected chi connectivity index (χ0v) is 15.8.